The Balaban J connectivity index is 2.59. The molecule has 0 aliphatic carbocycles. The van der Waals surface area contributed by atoms with E-state index in [4.69, 9.17) is 18.0 Å². The summed E-state index contributed by atoms with van der Waals surface area (Å²) in [5.74, 6) is -0.371. The fourth-order valence-corrected chi connectivity index (χ4v) is 1.46. The van der Waals surface area contributed by atoms with Crippen LogP contribution in [0.4, 0.5) is 0 Å². The van der Waals surface area contributed by atoms with Crippen molar-refractivity contribution in [2.75, 3.05) is 13.6 Å². The van der Waals surface area contributed by atoms with Crippen LogP contribution in [0.2, 0.25) is 0 Å². The van der Waals surface area contributed by atoms with Gasteiger partial charge in [0.1, 0.15) is 4.99 Å². The Labute approximate surface area is 111 Å². The molecule has 4 N–H and O–H groups in total. The molecule has 0 saturated heterocycles. The lowest BCUT2D eigenvalue weighted by atomic mass is 10.1. The van der Waals surface area contributed by atoms with Gasteiger partial charge in [0.25, 0.3) is 5.91 Å². The molecule has 0 bridgehead atoms. The Morgan fingerprint density at radius 3 is 2.61 bits per heavy atom. The van der Waals surface area contributed by atoms with Crippen LogP contribution >= 0.6 is 12.2 Å². The largest absolute Gasteiger partial charge is 0.389 e. The minimum atomic E-state index is -0.253. The van der Waals surface area contributed by atoms with Gasteiger partial charge in [-0.2, -0.15) is 0 Å². The lowest BCUT2D eigenvalue weighted by molar-refractivity contribution is -0.120. The van der Waals surface area contributed by atoms with E-state index in [1.165, 1.54) is 0 Å². The zero-order valence-electron chi connectivity index (χ0n) is 10.0. The van der Waals surface area contributed by atoms with Gasteiger partial charge in [-0.15, -0.1) is 0 Å². The Kier molecular flexibility index (Phi) is 5.26. The van der Waals surface area contributed by atoms with E-state index in [0.717, 1.165) is 0 Å². The minimum absolute atomic E-state index is 0.118. The summed E-state index contributed by atoms with van der Waals surface area (Å²) >= 11 is 4.84. The Bertz CT molecular complexity index is 474. The fourth-order valence-electron chi connectivity index (χ4n) is 1.33. The molecule has 0 fully saturated rings. The number of thiocarbonyl (C=S) groups is 1. The van der Waals surface area contributed by atoms with Crippen molar-refractivity contribution in [3.63, 3.8) is 0 Å². The Hall–Kier alpha value is -1.95. The number of hydrogen-bond donors (Lipinski definition) is 3. The van der Waals surface area contributed by atoms with E-state index in [1.54, 1.807) is 31.3 Å². The van der Waals surface area contributed by atoms with Crippen molar-refractivity contribution in [1.29, 1.82) is 0 Å². The molecule has 1 aromatic carbocycles. The van der Waals surface area contributed by atoms with Crippen molar-refractivity contribution in [1.82, 2.24) is 10.6 Å². The molecular weight excluding hydrogens is 250 g/mol. The summed E-state index contributed by atoms with van der Waals surface area (Å²) in [6, 6.07) is 6.74. The van der Waals surface area contributed by atoms with Crippen molar-refractivity contribution in [2.24, 2.45) is 5.73 Å². The molecule has 0 aromatic heterocycles. The number of benzene rings is 1. The Morgan fingerprint density at radius 2 is 2.00 bits per heavy atom. The second-order valence-corrected chi connectivity index (χ2v) is 4.06. The molecule has 0 unspecified atom stereocenters. The van der Waals surface area contributed by atoms with Crippen LogP contribution in [0.25, 0.3) is 0 Å². The van der Waals surface area contributed by atoms with E-state index in [-0.39, 0.29) is 29.8 Å². The van der Waals surface area contributed by atoms with E-state index in [9.17, 15) is 9.59 Å². The summed E-state index contributed by atoms with van der Waals surface area (Å²) in [5.41, 5.74) is 6.60. The maximum absolute atomic E-state index is 11.8. The molecule has 6 heteroatoms. The van der Waals surface area contributed by atoms with Gasteiger partial charge in [-0.05, 0) is 12.1 Å². The molecule has 2 amide bonds. The second kappa shape index (κ2) is 6.70. The maximum atomic E-state index is 11.8. The van der Waals surface area contributed by atoms with Crippen LogP contribution in [-0.2, 0) is 4.79 Å². The molecule has 0 saturated carbocycles. The van der Waals surface area contributed by atoms with Crippen molar-refractivity contribution >= 4 is 29.0 Å². The van der Waals surface area contributed by atoms with E-state index >= 15 is 0 Å². The summed E-state index contributed by atoms with van der Waals surface area (Å²) in [6.45, 7) is 0.288. The average Bonchev–Trinajstić information content (AvgIpc) is 2.38. The first-order valence-corrected chi connectivity index (χ1v) is 5.84. The van der Waals surface area contributed by atoms with Gasteiger partial charge >= 0.3 is 0 Å². The van der Waals surface area contributed by atoms with E-state index in [0.29, 0.717) is 11.1 Å². The lowest BCUT2D eigenvalue weighted by Crippen LogP contribution is -2.29. The molecule has 96 valence electrons. The van der Waals surface area contributed by atoms with Crippen LogP contribution in [0.1, 0.15) is 22.3 Å². The predicted molar refractivity (Wildman–Crippen MR) is 73.3 cm³/mol. The normalized spacial score (nSPS) is 9.61. The average molecular weight is 265 g/mol. The van der Waals surface area contributed by atoms with Gasteiger partial charge in [0.05, 0.1) is 0 Å². The number of carbonyl (C=O) groups is 2. The van der Waals surface area contributed by atoms with Gasteiger partial charge in [0.15, 0.2) is 0 Å². The smallest absolute Gasteiger partial charge is 0.251 e. The highest BCUT2D eigenvalue weighted by molar-refractivity contribution is 7.80. The van der Waals surface area contributed by atoms with Gasteiger partial charge < -0.3 is 16.4 Å². The van der Waals surface area contributed by atoms with Crippen LogP contribution in [0.15, 0.2) is 24.3 Å². The summed E-state index contributed by atoms with van der Waals surface area (Å²) in [5, 5.41) is 5.13. The molecule has 5 nitrogen and oxygen atoms in total. The van der Waals surface area contributed by atoms with Gasteiger partial charge in [-0.25, -0.2) is 0 Å². The zero-order chi connectivity index (χ0) is 13.5. The van der Waals surface area contributed by atoms with Crippen LogP contribution in [0, 0.1) is 0 Å². The van der Waals surface area contributed by atoms with Crippen molar-refractivity contribution in [2.45, 2.75) is 6.42 Å². The summed E-state index contributed by atoms with van der Waals surface area (Å²) < 4.78 is 0. The number of nitrogens with one attached hydrogen (secondary N) is 2. The van der Waals surface area contributed by atoms with Gasteiger partial charge in [0, 0.05) is 31.1 Å². The minimum Gasteiger partial charge on any atom is -0.389 e. The molecule has 0 radical (unpaired) electrons. The SMILES string of the molecule is CNC(=O)CCNC(=O)c1cccc(C(N)=S)c1. The van der Waals surface area contributed by atoms with E-state index < -0.39 is 0 Å². The van der Waals surface area contributed by atoms with Gasteiger partial charge in [-0.3, -0.25) is 9.59 Å². The quantitative estimate of drug-likeness (QED) is 0.663. The number of hydrogen-bond acceptors (Lipinski definition) is 3. The van der Waals surface area contributed by atoms with Crippen LogP contribution in [0.3, 0.4) is 0 Å². The van der Waals surface area contributed by atoms with Crippen LogP contribution in [-0.4, -0.2) is 30.4 Å². The number of nitrogens with two attached hydrogens (primary N) is 1. The summed E-state index contributed by atoms with van der Waals surface area (Å²) in [4.78, 5) is 23.0. The molecule has 0 aliphatic rings. The first-order chi connectivity index (χ1) is 8.54. The van der Waals surface area contributed by atoms with Gasteiger partial charge in [0.2, 0.25) is 5.91 Å². The summed E-state index contributed by atoms with van der Waals surface area (Å²) in [6.07, 6.45) is 0.247. The number of amides is 2. The third-order valence-electron chi connectivity index (χ3n) is 2.33. The lowest BCUT2D eigenvalue weighted by Gasteiger charge is -2.06. The highest BCUT2D eigenvalue weighted by Gasteiger charge is 2.07. The molecule has 1 rings (SSSR count). The van der Waals surface area contributed by atoms with Crippen molar-refractivity contribution in [3.05, 3.63) is 35.4 Å². The van der Waals surface area contributed by atoms with Crippen molar-refractivity contribution < 1.29 is 9.59 Å². The first-order valence-electron chi connectivity index (χ1n) is 5.43. The van der Waals surface area contributed by atoms with Gasteiger partial charge in [-0.1, -0.05) is 24.4 Å². The molecule has 1 aromatic rings. The maximum Gasteiger partial charge on any atom is 0.251 e. The number of rotatable bonds is 5. The molecule has 18 heavy (non-hydrogen) atoms. The standard InChI is InChI=1S/C12H15N3O2S/c1-14-10(16)5-6-15-12(17)9-4-2-3-8(7-9)11(13)18/h2-4,7H,5-6H2,1H3,(H2,13,18)(H,14,16)(H,15,17). The zero-order valence-corrected chi connectivity index (χ0v) is 10.8. The molecule has 0 aliphatic heterocycles. The fraction of sp³-hybridized carbons (Fsp3) is 0.250. The first kappa shape index (κ1) is 14.1. The van der Waals surface area contributed by atoms with Crippen LogP contribution < -0.4 is 16.4 Å². The summed E-state index contributed by atoms with van der Waals surface area (Å²) in [7, 11) is 1.55. The highest BCUT2D eigenvalue weighted by Crippen LogP contribution is 2.05. The van der Waals surface area contributed by atoms with E-state index in [2.05, 4.69) is 10.6 Å². The Morgan fingerprint density at radius 1 is 1.33 bits per heavy atom. The third-order valence-corrected chi connectivity index (χ3v) is 2.56. The molecule has 0 spiro atoms. The number of carbonyl (C=O) groups excluding carboxylic acids is 2. The van der Waals surface area contributed by atoms with Crippen molar-refractivity contribution in [3.8, 4) is 0 Å². The topological polar surface area (TPSA) is 84.2 Å². The monoisotopic (exact) mass is 265 g/mol. The van der Waals surface area contributed by atoms with Crippen LogP contribution in [0.5, 0.6) is 0 Å². The molecular formula is C12H15N3O2S. The molecule has 0 heterocycles. The highest BCUT2D eigenvalue weighted by atomic mass is 32.1. The second-order valence-electron chi connectivity index (χ2n) is 3.62. The van der Waals surface area contributed by atoms with E-state index in [1.807, 2.05) is 0 Å². The predicted octanol–water partition coefficient (Wildman–Crippen LogP) is 0.187. The molecule has 0 atom stereocenters. The third kappa shape index (κ3) is 4.14.